The molecule has 1 heterocycles. The monoisotopic (exact) mass is 409 g/mol. The first-order valence-electron chi connectivity index (χ1n) is 8.78. The molecule has 0 radical (unpaired) electrons. The van der Waals surface area contributed by atoms with Crippen LogP contribution in [0, 0.1) is 10.1 Å². The molecule has 3 rings (SSSR count). The van der Waals surface area contributed by atoms with Crippen molar-refractivity contribution in [1.82, 2.24) is 10.2 Å². The summed E-state index contributed by atoms with van der Waals surface area (Å²) in [6.45, 7) is 3.31. The quantitative estimate of drug-likeness (QED) is 0.547. The van der Waals surface area contributed by atoms with Crippen LogP contribution in [0.2, 0.25) is 10.0 Å². The summed E-state index contributed by atoms with van der Waals surface area (Å²) in [7, 11) is 0. The number of hydrogen-bond donors (Lipinski definition) is 2. The normalized spacial score (nSPS) is 15.8. The van der Waals surface area contributed by atoms with E-state index in [0.29, 0.717) is 22.6 Å². The molecular weight excluding hydrogens is 389 g/mol. The number of nitro benzene ring substituents is 1. The van der Waals surface area contributed by atoms with Crippen LogP contribution >= 0.6 is 23.2 Å². The Labute approximate surface area is 167 Å². The lowest BCUT2D eigenvalue weighted by Gasteiger charge is -2.32. The van der Waals surface area contributed by atoms with E-state index in [1.54, 1.807) is 6.07 Å². The number of nitrogens with one attached hydrogen (secondary N) is 1. The minimum Gasteiger partial charge on any atom is -0.502 e. The highest BCUT2D eigenvalue weighted by Crippen LogP contribution is 2.27. The maximum Gasteiger partial charge on any atom is 0.311 e. The van der Waals surface area contributed by atoms with Crippen LogP contribution in [0.4, 0.5) is 5.69 Å². The summed E-state index contributed by atoms with van der Waals surface area (Å²) in [5.74, 6) is -0.306. The predicted octanol–water partition coefficient (Wildman–Crippen LogP) is 4.36. The Morgan fingerprint density at radius 3 is 2.48 bits per heavy atom. The number of aromatic hydroxyl groups is 1. The molecule has 0 atom stereocenters. The predicted molar refractivity (Wildman–Crippen MR) is 106 cm³/mol. The van der Waals surface area contributed by atoms with Gasteiger partial charge in [0.15, 0.2) is 5.75 Å². The first-order valence-corrected chi connectivity index (χ1v) is 9.54. The molecule has 2 aromatic rings. The fourth-order valence-electron chi connectivity index (χ4n) is 3.28. The number of nitrogens with zero attached hydrogens (tertiary/aromatic N) is 2. The summed E-state index contributed by atoms with van der Waals surface area (Å²) < 4.78 is 0. The lowest BCUT2D eigenvalue weighted by molar-refractivity contribution is -0.385. The van der Waals surface area contributed by atoms with E-state index in [-0.39, 0.29) is 11.4 Å². The molecule has 1 aliphatic heterocycles. The van der Waals surface area contributed by atoms with Gasteiger partial charge in [-0.15, -0.1) is 0 Å². The summed E-state index contributed by atoms with van der Waals surface area (Å²) in [5.41, 5.74) is 1.68. The number of rotatable bonds is 6. The van der Waals surface area contributed by atoms with Crippen LogP contribution in [0.1, 0.15) is 24.0 Å². The van der Waals surface area contributed by atoms with E-state index in [4.69, 9.17) is 23.2 Å². The van der Waals surface area contributed by atoms with Gasteiger partial charge in [0, 0.05) is 25.2 Å². The van der Waals surface area contributed by atoms with Gasteiger partial charge in [0.25, 0.3) is 0 Å². The molecule has 0 amide bonds. The van der Waals surface area contributed by atoms with Crippen LogP contribution in [0.3, 0.4) is 0 Å². The second-order valence-electron chi connectivity index (χ2n) is 6.76. The Morgan fingerprint density at radius 2 is 1.81 bits per heavy atom. The standard InChI is InChI=1S/C19H21Cl2N3O3/c20-16-3-1-14(9-17(16)21)12-23-7-5-15(6-8-23)22-11-13-2-4-19(25)18(10-13)24(26)27/h1-4,9-10,15,22,25H,5-8,11-12H2. The van der Waals surface area contributed by atoms with E-state index < -0.39 is 4.92 Å². The van der Waals surface area contributed by atoms with Gasteiger partial charge in [0.05, 0.1) is 15.0 Å². The van der Waals surface area contributed by atoms with Gasteiger partial charge in [0.2, 0.25) is 0 Å². The maximum absolute atomic E-state index is 10.9. The highest BCUT2D eigenvalue weighted by Gasteiger charge is 2.20. The Balaban J connectivity index is 1.47. The van der Waals surface area contributed by atoms with Gasteiger partial charge in [0.1, 0.15) is 0 Å². The average molecular weight is 410 g/mol. The van der Waals surface area contributed by atoms with Gasteiger partial charge in [-0.3, -0.25) is 15.0 Å². The Bertz CT molecular complexity index is 824. The van der Waals surface area contributed by atoms with Crippen molar-refractivity contribution >= 4 is 28.9 Å². The molecule has 1 saturated heterocycles. The van der Waals surface area contributed by atoms with Gasteiger partial charge in [-0.1, -0.05) is 35.3 Å². The molecule has 0 spiro atoms. The van der Waals surface area contributed by atoms with Crippen LogP contribution < -0.4 is 5.32 Å². The molecule has 27 heavy (non-hydrogen) atoms. The number of likely N-dealkylation sites (tertiary alicyclic amines) is 1. The number of halogens is 2. The fourth-order valence-corrected chi connectivity index (χ4v) is 3.60. The third kappa shape index (κ3) is 5.32. The zero-order valence-corrected chi connectivity index (χ0v) is 16.2. The Hall–Kier alpha value is -1.86. The average Bonchev–Trinajstić information content (AvgIpc) is 2.65. The lowest BCUT2D eigenvalue weighted by Crippen LogP contribution is -2.41. The summed E-state index contributed by atoms with van der Waals surface area (Å²) in [4.78, 5) is 12.7. The van der Waals surface area contributed by atoms with Crippen molar-refractivity contribution in [3.63, 3.8) is 0 Å². The molecule has 144 valence electrons. The molecular formula is C19H21Cl2N3O3. The zero-order valence-electron chi connectivity index (χ0n) is 14.7. The number of phenols is 1. The molecule has 1 aliphatic rings. The van der Waals surface area contributed by atoms with Gasteiger partial charge in [-0.25, -0.2) is 0 Å². The zero-order chi connectivity index (χ0) is 19.4. The SMILES string of the molecule is O=[N+]([O-])c1cc(CNC2CCN(Cc3ccc(Cl)c(Cl)c3)CC2)ccc1O. The first kappa shape index (κ1) is 19.9. The number of phenolic OH excluding ortho intramolecular Hbond substituents is 1. The molecule has 0 unspecified atom stereocenters. The van der Waals surface area contributed by atoms with Gasteiger partial charge in [-0.2, -0.15) is 0 Å². The van der Waals surface area contributed by atoms with E-state index in [9.17, 15) is 15.2 Å². The van der Waals surface area contributed by atoms with E-state index in [0.717, 1.165) is 43.6 Å². The summed E-state index contributed by atoms with van der Waals surface area (Å²) in [6.07, 6.45) is 2.00. The van der Waals surface area contributed by atoms with Crippen molar-refractivity contribution in [3.05, 3.63) is 67.7 Å². The van der Waals surface area contributed by atoms with Crippen LogP contribution in [0.25, 0.3) is 0 Å². The van der Waals surface area contributed by atoms with Crippen molar-refractivity contribution in [2.75, 3.05) is 13.1 Å². The van der Waals surface area contributed by atoms with Crippen molar-refractivity contribution in [2.45, 2.75) is 32.0 Å². The lowest BCUT2D eigenvalue weighted by atomic mass is 10.0. The maximum atomic E-state index is 10.9. The molecule has 0 bridgehead atoms. The molecule has 8 heteroatoms. The smallest absolute Gasteiger partial charge is 0.311 e. The van der Waals surface area contributed by atoms with Crippen LogP contribution in [-0.2, 0) is 13.1 Å². The van der Waals surface area contributed by atoms with E-state index >= 15 is 0 Å². The van der Waals surface area contributed by atoms with Gasteiger partial charge < -0.3 is 10.4 Å². The molecule has 2 N–H and O–H groups in total. The number of benzene rings is 2. The minimum absolute atomic E-state index is 0.259. The summed E-state index contributed by atoms with van der Waals surface area (Å²) >= 11 is 12.0. The van der Waals surface area contributed by atoms with E-state index in [1.807, 2.05) is 18.2 Å². The molecule has 0 aromatic heterocycles. The number of hydrogen-bond acceptors (Lipinski definition) is 5. The third-order valence-corrected chi connectivity index (χ3v) is 5.55. The molecule has 0 aliphatic carbocycles. The summed E-state index contributed by atoms with van der Waals surface area (Å²) in [6, 6.07) is 10.6. The number of piperidine rings is 1. The fraction of sp³-hybridized carbons (Fsp3) is 0.368. The second-order valence-corrected chi connectivity index (χ2v) is 7.57. The van der Waals surface area contributed by atoms with Crippen molar-refractivity contribution in [3.8, 4) is 5.75 Å². The van der Waals surface area contributed by atoms with Gasteiger partial charge >= 0.3 is 5.69 Å². The van der Waals surface area contributed by atoms with Crippen LogP contribution in [0.15, 0.2) is 36.4 Å². The molecule has 0 saturated carbocycles. The Kier molecular flexibility index (Phi) is 6.55. The molecule has 2 aromatic carbocycles. The second kappa shape index (κ2) is 8.89. The van der Waals surface area contributed by atoms with Crippen molar-refractivity contribution in [2.24, 2.45) is 0 Å². The largest absolute Gasteiger partial charge is 0.502 e. The summed E-state index contributed by atoms with van der Waals surface area (Å²) in [5, 5.41) is 25.0. The highest BCUT2D eigenvalue weighted by atomic mass is 35.5. The van der Waals surface area contributed by atoms with E-state index in [2.05, 4.69) is 10.2 Å². The minimum atomic E-state index is -0.569. The molecule has 1 fully saturated rings. The van der Waals surface area contributed by atoms with Gasteiger partial charge in [-0.05, 0) is 55.3 Å². The Morgan fingerprint density at radius 1 is 1.11 bits per heavy atom. The van der Waals surface area contributed by atoms with E-state index in [1.165, 1.54) is 12.1 Å². The van der Waals surface area contributed by atoms with Crippen LogP contribution in [0.5, 0.6) is 5.75 Å². The first-order chi connectivity index (χ1) is 12.9. The number of nitro groups is 1. The van der Waals surface area contributed by atoms with Crippen molar-refractivity contribution in [1.29, 1.82) is 0 Å². The molecule has 6 nitrogen and oxygen atoms in total. The highest BCUT2D eigenvalue weighted by molar-refractivity contribution is 6.42. The van der Waals surface area contributed by atoms with Crippen LogP contribution in [-0.4, -0.2) is 34.1 Å². The topological polar surface area (TPSA) is 78.6 Å². The van der Waals surface area contributed by atoms with Crippen molar-refractivity contribution < 1.29 is 10.0 Å². The third-order valence-electron chi connectivity index (χ3n) is 4.81.